The Kier molecular flexibility index (Phi) is 4.24. The third-order valence-corrected chi connectivity index (χ3v) is 5.30. The summed E-state index contributed by atoms with van der Waals surface area (Å²) in [6, 6.07) is 13.9. The molecule has 1 aliphatic rings. The van der Waals surface area contributed by atoms with E-state index in [9.17, 15) is 0 Å². The molecule has 0 atom stereocenters. The lowest BCUT2D eigenvalue weighted by molar-refractivity contribution is 0.122. The zero-order chi connectivity index (χ0) is 20.6. The smallest absolute Gasteiger partial charge is 0.253 e. The molecule has 31 heavy (non-hydrogen) atoms. The van der Waals surface area contributed by atoms with Crippen LogP contribution in [0.2, 0.25) is 0 Å². The summed E-state index contributed by atoms with van der Waals surface area (Å²) in [7, 11) is 0. The van der Waals surface area contributed by atoms with Gasteiger partial charge in [0.25, 0.3) is 5.95 Å². The Bertz CT molecular complexity index is 1320. The molecule has 1 aromatic carbocycles. The van der Waals surface area contributed by atoms with Gasteiger partial charge in [0, 0.05) is 37.1 Å². The molecule has 9 heteroatoms. The predicted octanol–water partition coefficient (Wildman–Crippen LogP) is 3.30. The number of hydrogen-bond donors (Lipinski definition) is 1. The topological polar surface area (TPSA) is 97.9 Å². The normalized spacial score (nSPS) is 14.4. The van der Waals surface area contributed by atoms with Gasteiger partial charge in [0.1, 0.15) is 11.3 Å². The van der Waals surface area contributed by atoms with E-state index in [0.29, 0.717) is 30.5 Å². The van der Waals surface area contributed by atoms with Gasteiger partial charge in [-0.15, -0.1) is 0 Å². The van der Waals surface area contributed by atoms with E-state index in [-0.39, 0.29) is 0 Å². The third-order valence-electron chi connectivity index (χ3n) is 5.30. The fourth-order valence-corrected chi connectivity index (χ4v) is 3.72. The molecule has 1 N–H and O–H groups in total. The molecule has 1 aliphatic heterocycles. The Balaban J connectivity index is 1.48. The number of aromatic amines is 1. The number of fused-ring (bicyclic) bond motifs is 1. The highest BCUT2D eigenvalue weighted by Crippen LogP contribution is 2.32. The Labute approximate surface area is 177 Å². The molecule has 0 spiro atoms. The van der Waals surface area contributed by atoms with Gasteiger partial charge < -0.3 is 14.1 Å². The number of benzene rings is 1. The summed E-state index contributed by atoms with van der Waals surface area (Å²) < 4.78 is 13.4. The van der Waals surface area contributed by atoms with Crippen LogP contribution in [0, 0.1) is 0 Å². The number of nitrogens with one attached hydrogen (secondary N) is 1. The van der Waals surface area contributed by atoms with E-state index < -0.39 is 0 Å². The molecule has 0 bridgehead atoms. The van der Waals surface area contributed by atoms with Gasteiger partial charge in [-0.1, -0.05) is 30.3 Å². The summed E-state index contributed by atoms with van der Waals surface area (Å²) in [5.41, 5.74) is 4.14. The number of ether oxygens (including phenoxy) is 1. The van der Waals surface area contributed by atoms with Crippen molar-refractivity contribution in [2.75, 3.05) is 31.2 Å². The first-order valence-electron chi connectivity index (χ1n) is 10.1. The number of nitrogens with zero attached hydrogens (tertiary/aromatic N) is 6. The van der Waals surface area contributed by atoms with Crippen LogP contribution in [0.5, 0.6) is 0 Å². The summed E-state index contributed by atoms with van der Waals surface area (Å²) in [5, 5.41) is 11.5. The molecule has 0 saturated carbocycles. The first-order valence-corrected chi connectivity index (χ1v) is 10.1. The zero-order valence-corrected chi connectivity index (χ0v) is 16.6. The Morgan fingerprint density at radius 1 is 0.968 bits per heavy atom. The maximum atomic E-state index is 6.17. The average molecular weight is 413 g/mol. The highest BCUT2D eigenvalue weighted by Gasteiger charge is 2.22. The van der Waals surface area contributed by atoms with Crippen molar-refractivity contribution in [1.82, 2.24) is 29.9 Å². The van der Waals surface area contributed by atoms with Crippen molar-refractivity contribution in [1.29, 1.82) is 0 Å². The largest absolute Gasteiger partial charge is 0.450 e. The molecule has 154 valence electrons. The maximum Gasteiger partial charge on any atom is 0.253 e. The number of H-pyrrole nitrogens is 1. The van der Waals surface area contributed by atoms with Gasteiger partial charge in [0.15, 0.2) is 11.4 Å². The summed E-state index contributed by atoms with van der Waals surface area (Å²) in [6.07, 6.45) is 5.39. The SMILES string of the molecule is c1ccc(-c2ccn(-c3nc(N4CCOCC4)c4oc(-c5cn[nH]c5)cc4n3)n2)cc1. The number of furan rings is 1. The lowest BCUT2D eigenvalue weighted by Crippen LogP contribution is -2.37. The van der Waals surface area contributed by atoms with E-state index in [2.05, 4.69) is 15.1 Å². The number of rotatable bonds is 4. The third kappa shape index (κ3) is 3.24. The van der Waals surface area contributed by atoms with Gasteiger partial charge in [-0.3, -0.25) is 5.10 Å². The minimum atomic E-state index is 0.496. The highest BCUT2D eigenvalue weighted by molar-refractivity contribution is 5.88. The molecule has 4 aromatic heterocycles. The quantitative estimate of drug-likeness (QED) is 0.483. The van der Waals surface area contributed by atoms with E-state index in [1.165, 1.54) is 0 Å². The van der Waals surface area contributed by atoms with Crippen molar-refractivity contribution in [3.05, 3.63) is 61.1 Å². The molecule has 6 rings (SSSR count). The average Bonchev–Trinajstić information content (AvgIpc) is 3.60. The van der Waals surface area contributed by atoms with Gasteiger partial charge in [0.2, 0.25) is 0 Å². The van der Waals surface area contributed by atoms with E-state index in [4.69, 9.17) is 24.2 Å². The molecule has 9 nitrogen and oxygen atoms in total. The molecule has 0 aliphatic carbocycles. The molecule has 1 saturated heterocycles. The van der Waals surface area contributed by atoms with Crippen LogP contribution >= 0.6 is 0 Å². The number of hydrogen-bond acceptors (Lipinski definition) is 7. The van der Waals surface area contributed by atoms with Crippen molar-refractivity contribution in [3.63, 3.8) is 0 Å². The number of aromatic nitrogens is 6. The number of morpholine rings is 1. The minimum absolute atomic E-state index is 0.496. The first kappa shape index (κ1) is 17.8. The van der Waals surface area contributed by atoms with E-state index >= 15 is 0 Å². The van der Waals surface area contributed by atoms with Crippen molar-refractivity contribution in [2.24, 2.45) is 0 Å². The highest BCUT2D eigenvalue weighted by atomic mass is 16.5. The maximum absolute atomic E-state index is 6.17. The zero-order valence-electron chi connectivity index (χ0n) is 16.6. The Morgan fingerprint density at radius 2 is 1.84 bits per heavy atom. The second-order valence-corrected chi connectivity index (χ2v) is 7.27. The van der Waals surface area contributed by atoms with E-state index in [1.807, 2.05) is 48.7 Å². The van der Waals surface area contributed by atoms with E-state index in [1.54, 1.807) is 17.1 Å². The predicted molar refractivity (Wildman–Crippen MR) is 115 cm³/mol. The molecule has 0 unspecified atom stereocenters. The van der Waals surface area contributed by atoms with E-state index in [0.717, 1.165) is 41.2 Å². The monoisotopic (exact) mass is 413 g/mol. The minimum Gasteiger partial charge on any atom is -0.450 e. The second-order valence-electron chi connectivity index (χ2n) is 7.27. The molecular formula is C22H19N7O2. The molecule has 0 amide bonds. The lowest BCUT2D eigenvalue weighted by Gasteiger charge is -2.27. The molecule has 0 radical (unpaired) electrons. The van der Waals surface area contributed by atoms with Gasteiger partial charge in [-0.2, -0.15) is 15.2 Å². The standard InChI is InChI=1S/C22H19N7O2/c1-2-4-15(5-3-1)17-6-7-29(27-17)22-25-18-12-19(16-13-23-24-14-16)31-20(18)21(26-22)28-8-10-30-11-9-28/h1-7,12-14H,8-11H2,(H,23,24). The van der Waals surface area contributed by atoms with Crippen molar-refractivity contribution >= 4 is 16.9 Å². The summed E-state index contributed by atoms with van der Waals surface area (Å²) >= 11 is 0. The summed E-state index contributed by atoms with van der Waals surface area (Å²) in [4.78, 5) is 11.8. The van der Waals surface area contributed by atoms with Gasteiger partial charge in [-0.05, 0) is 6.07 Å². The molecule has 5 aromatic rings. The van der Waals surface area contributed by atoms with Crippen LogP contribution in [0.15, 0.2) is 65.5 Å². The summed E-state index contributed by atoms with van der Waals surface area (Å²) in [5.74, 6) is 1.93. The van der Waals surface area contributed by atoms with Gasteiger partial charge in [-0.25, -0.2) is 9.67 Å². The molecular weight excluding hydrogens is 394 g/mol. The van der Waals surface area contributed by atoms with Crippen molar-refractivity contribution < 1.29 is 9.15 Å². The fraction of sp³-hybridized carbons (Fsp3) is 0.182. The second kappa shape index (κ2) is 7.37. The van der Waals surface area contributed by atoms with Crippen LogP contribution in [-0.2, 0) is 4.74 Å². The first-order chi connectivity index (χ1) is 15.3. The van der Waals surface area contributed by atoms with Crippen LogP contribution in [0.1, 0.15) is 0 Å². The van der Waals surface area contributed by atoms with Crippen LogP contribution in [0.4, 0.5) is 5.82 Å². The van der Waals surface area contributed by atoms with Crippen LogP contribution in [-0.4, -0.2) is 56.2 Å². The molecule has 1 fully saturated rings. The number of anilines is 1. The van der Waals surface area contributed by atoms with Crippen LogP contribution in [0.3, 0.4) is 0 Å². The van der Waals surface area contributed by atoms with Gasteiger partial charge >= 0.3 is 0 Å². The van der Waals surface area contributed by atoms with Crippen molar-refractivity contribution in [3.8, 4) is 28.5 Å². The fourth-order valence-electron chi connectivity index (χ4n) is 3.72. The Morgan fingerprint density at radius 3 is 2.65 bits per heavy atom. The van der Waals surface area contributed by atoms with Crippen LogP contribution in [0.25, 0.3) is 39.6 Å². The van der Waals surface area contributed by atoms with Crippen molar-refractivity contribution in [2.45, 2.75) is 0 Å². The molecule has 5 heterocycles. The lowest BCUT2D eigenvalue weighted by atomic mass is 10.2. The van der Waals surface area contributed by atoms with Crippen LogP contribution < -0.4 is 4.90 Å². The Hall–Kier alpha value is -3.98. The van der Waals surface area contributed by atoms with Gasteiger partial charge in [0.05, 0.1) is 30.7 Å². The summed E-state index contributed by atoms with van der Waals surface area (Å²) in [6.45, 7) is 2.77.